The highest BCUT2D eigenvalue weighted by Crippen LogP contribution is 2.30. The summed E-state index contributed by atoms with van der Waals surface area (Å²) in [5.74, 6) is -0.253. The fourth-order valence-electron chi connectivity index (χ4n) is 1.46. The molecule has 0 spiro atoms. The van der Waals surface area contributed by atoms with Crippen molar-refractivity contribution in [1.82, 2.24) is 0 Å². The van der Waals surface area contributed by atoms with Crippen LogP contribution >= 0.6 is 11.3 Å². The summed E-state index contributed by atoms with van der Waals surface area (Å²) in [5, 5.41) is 0. The van der Waals surface area contributed by atoms with Crippen molar-refractivity contribution < 1.29 is 23.5 Å². The lowest BCUT2D eigenvalue weighted by Crippen LogP contribution is -2.01. The Bertz CT molecular complexity index is 596. The zero-order chi connectivity index (χ0) is 13.8. The van der Waals surface area contributed by atoms with Gasteiger partial charge >= 0.3 is 11.9 Å². The molecule has 0 aromatic carbocycles. The van der Waals surface area contributed by atoms with E-state index in [0.29, 0.717) is 17.2 Å². The molecule has 0 fully saturated rings. The molecule has 2 aromatic rings. The van der Waals surface area contributed by atoms with Crippen molar-refractivity contribution in [3.63, 3.8) is 0 Å². The second-order valence-electron chi connectivity index (χ2n) is 3.54. The van der Waals surface area contributed by atoms with E-state index in [1.165, 1.54) is 24.5 Å². The average molecular weight is 280 g/mol. The lowest BCUT2D eigenvalue weighted by molar-refractivity contribution is 0.0530. The third kappa shape index (κ3) is 2.85. The standard InChI is InChI=1S/C13H12O5S/c1-3-17-13(15)11-7-6-10(19-11)8-4-5-9(18-8)12(14)16-2/h4-7H,3H2,1-2H3. The Balaban J connectivity index is 2.21. The Morgan fingerprint density at radius 1 is 1.21 bits per heavy atom. The predicted octanol–water partition coefficient (Wildman–Crippen LogP) is 2.97. The van der Waals surface area contributed by atoms with E-state index in [4.69, 9.17) is 9.15 Å². The summed E-state index contributed by atoms with van der Waals surface area (Å²) in [5.41, 5.74) is 0. The van der Waals surface area contributed by atoms with Gasteiger partial charge in [-0.2, -0.15) is 0 Å². The van der Waals surface area contributed by atoms with Crippen LogP contribution < -0.4 is 0 Å². The second kappa shape index (κ2) is 5.71. The highest BCUT2D eigenvalue weighted by molar-refractivity contribution is 7.17. The molecule has 2 heterocycles. The van der Waals surface area contributed by atoms with Crippen molar-refractivity contribution in [2.75, 3.05) is 13.7 Å². The number of hydrogen-bond donors (Lipinski definition) is 0. The molecule has 0 atom stereocenters. The molecule has 5 nitrogen and oxygen atoms in total. The highest BCUT2D eigenvalue weighted by atomic mass is 32.1. The molecule has 0 aliphatic heterocycles. The van der Waals surface area contributed by atoms with Gasteiger partial charge in [0.25, 0.3) is 0 Å². The summed E-state index contributed by atoms with van der Waals surface area (Å²) in [4.78, 5) is 24.0. The van der Waals surface area contributed by atoms with Crippen LogP contribution in [0.25, 0.3) is 10.6 Å². The van der Waals surface area contributed by atoms with Gasteiger partial charge in [0.15, 0.2) is 0 Å². The van der Waals surface area contributed by atoms with Crippen LogP contribution in [0, 0.1) is 0 Å². The normalized spacial score (nSPS) is 10.2. The number of furan rings is 1. The van der Waals surface area contributed by atoms with E-state index >= 15 is 0 Å². The molecule has 2 rings (SSSR count). The molecular weight excluding hydrogens is 268 g/mol. The van der Waals surface area contributed by atoms with E-state index < -0.39 is 5.97 Å². The fraction of sp³-hybridized carbons (Fsp3) is 0.231. The number of carbonyl (C=O) groups is 2. The van der Waals surface area contributed by atoms with Gasteiger partial charge in [-0.15, -0.1) is 11.3 Å². The van der Waals surface area contributed by atoms with E-state index in [0.717, 1.165) is 4.88 Å². The summed E-state index contributed by atoms with van der Waals surface area (Å²) in [7, 11) is 1.29. The van der Waals surface area contributed by atoms with Crippen LogP contribution in [-0.4, -0.2) is 25.7 Å². The number of esters is 2. The molecule has 19 heavy (non-hydrogen) atoms. The van der Waals surface area contributed by atoms with Crippen LogP contribution in [-0.2, 0) is 9.47 Å². The van der Waals surface area contributed by atoms with Crippen molar-refractivity contribution >= 4 is 23.3 Å². The smallest absolute Gasteiger partial charge is 0.373 e. The predicted molar refractivity (Wildman–Crippen MR) is 69.3 cm³/mol. The van der Waals surface area contributed by atoms with Crippen molar-refractivity contribution in [3.05, 3.63) is 34.9 Å². The topological polar surface area (TPSA) is 65.7 Å². The Hall–Kier alpha value is -2.08. The molecule has 2 aromatic heterocycles. The number of thiophene rings is 1. The van der Waals surface area contributed by atoms with E-state index in [2.05, 4.69) is 4.74 Å². The minimum atomic E-state index is -0.534. The quantitative estimate of drug-likeness (QED) is 0.805. The van der Waals surface area contributed by atoms with E-state index in [1.807, 2.05) is 0 Å². The van der Waals surface area contributed by atoms with Crippen LogP contribution in [0.2, 0.25) is 0 Å². The number of methoxy groups -OCH3 is 1. The summed E-state index contributed by atoms with van der Waals surface area (Å²) < 4.78 is 14.8. The SMILES string of the molecule is CCOC(=O)c1ccc(-c2ccc(C(=O)OC)o2)s1. The van der Waals surface area contributed by atoms with Crippen LogP contribution in [0.15, 0.2) is 28.7 Å². The number of rotatable bonds is 4. The Labute approximate surface area is 113 Å². The molecule has 0 N–H and O–H groups in total. The van der Waals surface area contributed by atoms with Crippen molar-refractivity contribution in [2.24, 2.45) is 0 Å². The largest absolute Gasteiger partial charge is 0.463 e. The van der Waals surface area contributed by atoms with Gasteiger partial charge in [0, 0.05) is 0 Å². The Morgan fingerprint density at radius 3 is 2.68 bits per heavy atom. The van der Waals surface area contributed by atoms with Gasteiger partial charge in [-0.05, 0) is 31.2 Å². The first-order chi connectivity index (χ1) is 9.15. The summed E-state index contributed by atoms with van der Waals surface area (Å²) in [6, 6.07) is 6.60. The Morgan fingerprint density at radius 2 is 2.00 bits per heavy atom. The third-order valence-corrected chi connectivity index (χ3v) is 3.40. The minimum absolute atomic E-state index is 0.128. The molecule has 0 unspecified atom stereocenters. The molecule has 0 radical (unpaired) electrons. The summed E-state index contributed by atoms with van der Waals surface area (Å²) in [6.45, 7) is 2.08. The first-order valence-corrected chi connectivity index (χ1v) is 6.42. The van der Waals surface area contributed by atoms with Crippen molar-refractivity contribution in [2.45, 2.75) is 6.92 Å². The average Bonchev–Trinajstić information content (AvgIpc) is 3.06. The van der Waals surface area contributed by atoms with Crippen molar-refractivity contribution in [3.8, 4) is 10.6 Å². The molecule has 0 bridgehead atoms. The number of carbonyl (C=O) groups excluding carboxylic acids is 2. The molecule has 0 aliphatic carbocycles. The van der Waals surface area contributed by atoms with Crippen LogP contribution in [0.3, 0.4) is 0 Å². The van der Waals surface area contributed by atoms with Gasteiger partial charge < -0.3 is 13.9 Å². The lowest BCUT2D eigenvalue weighted by atomic mass is 10.3. The molecule has 0 saturated carbocycles. The lowest BCUT2D eigenvalue weighted by Gasteiger charge is -1.96. The maximum atomic E-state index is 11.5. The first kappa shape index (κ1) is 13.4. The van der Waals surface area contributed by atoms with Gasteiger partial charge in [0.05, 0.1) is 18.6 Å². The van der Waals surface area contributed by atoms with Gasteiger partial charge in [0.2, 0.25) is 5.76 Å². The molecular formula is C13H12O5S. The van der Waals surface area contributed by atoms with E-state index in [9.17, 15) is 9.59 Å². The van der Waals surface area contributed by atoms with Gasteiger partial charge in [-0.1, -0.05) is 0 Å². The molecule has 100 valence electrons. The number of ether oxygens (including phenoxy) is 2. The third-order valence-electron chi connectivity index (χ3n) is 2.32. The van der Waals surface area contributed by atoms with E-state index in [1.54, 1.807) is 25.1 Å². The van der Waals surface area contributed by atoms with Gasteiger partial charge in [-0.3, -0.25) is 0 Å². The molecule has 0 saturated heterocycles. The van der Waals surface area contributed by atoms with Crippen LogP contribution in [0.1, 0.15) is 27.2 Å². The molecule has 0 amide bonds. The summed E-state index contributed by atoms with van der Waals surface area (Å²) in [6.07, 6.45) is 0. The second-order valence-corrected chi connectivity index (χ2v) is 4.62. The first-order valence-electron chi connectivity index (χ1n) is 5.61. The number of hydrogen-bond acceptors (Lipinski definition) is 6. The Kier molecular flexibility index (Phi) is 4.01. The summed E-state index contributed by atoms with van der Waals surface area (Å²) >= 11 is 1.25. The zero-order valence-corrected chi connectivity index (χ0v) is 11.3. The zero-order valence-electron chi connectivity index (χ0n) is 10.5. The van der Waals surface area contributed by atoms with Crippen LogP contribution in [0.5, 0.6) is 0 Å². The minimum Gasteiger partial charge on any atom is -0.463 e. The van der Waals surface area contributed by atoms with Gasteiger partial charge in [-0.25, -0.2) is 9.59 Å². The highest BCUT2D eigenvalue weighted by Gasteiger charge is 2.15. The monoisotopic (exact) mass is 280 g/mol. The maximum Gasteiger partial charge on any atom is 0.373 e. The van der Waals surface area contributed by atoms with Crippen LogP contribution in [0.4, 0.5) is 0 Å². The molecule has 6 heteroatoms. The fourth-order valence-corrected chi connectivity index (χ4v) is 2.32. The maximum absolute atomic E-state index is 11.5. The molecule has 0 aliphatic rings. The van der Waals surface area contributed by atoms with Gasteiger partial charge in [0.1, 0.15) is 10.6 Å². The van der Waals surface area contributed by atoms with Crippen molar-refractivity contribution in [1.29, 1.82) is 0 Å². The van der Waals surface area contributed by atoms with E-state index in [-0.39, 0.29) is 11.7 Å².